The standard InChI is InChI=1S/C16H24N2O2.ClH/c1-17-10-6-11-18-16(19)14-9-5-12-20-15(14)13-7-3-2-4-8-13;/h2-4,7-8,14-15,17H,5-6,9-12H2,1H3,(H,18,19);1H. The van der Waals surface area contributed by atoms with E-state index in [9.17, 15) is 4.79 Å². The zero-order chi connectivity index (χ0) is 14.2. The number of carbonyl (C=O) groups is 1. The number of hydrogen-bond donors (Lipinski definition) is 2. The van der Waals surface area contributed by atoms with Gasteiger partial charge in [0, 0.05) is 13.2 Å². The van der Waals surface area contributed by atoms with Crippen LogP contribution in [0.5, 0.6) is 0 Å². The van der Waals surface area contributed by atoms with Crippen LogP contribution in [-0.4, -0.2) is 32.7 Å². The van der Waals surface area contributed by atoms with Crippen LogP contribution in [0.1, 0.15) is 30.9 Å². The summed E-state index contributed by atoms with van der Waals surface area (Å²) in [5.41, 5.74) is 1.10. The van der Waals surface area contributed by atoms with Crippen LogP contribution in [0.4, 0.5) is 0 Å². The average molecular weight is 313 g/mol. The second kappa shape index (κ2) is 9.77. The number of benzene rings is 1. The van der Waals surface area contributed by atoms with Gasteiger partial charge in [0.1, 0.15) is 0 Å². The Hall–Kier alpha value is -1.10. The Labute approximate surface area is 133 Å². The minimum Gasteiger partial charge on any atom is -0.373 e. The monoisotopic (exact) mass is 312 g/mol. The maximum Gasteiger partial charge on any atom is 0.226 e. The Morgan fingerprint density at radius 2 is 2.05 bits per heavy atom. The lowest BCUT2D eigenvalue weighted by Crippen LogP contribution is -2.38. The van der Waals surface area contributed by atoms with Crippen molar-refractivity contribution in [2.45, 2.75) is 25.4 Å². The predicted octanol–water partition coefficient (Wildman–Crippen LogP) is 2.30. The molecule has 2 N–H and O–H groups in total. The molecule has 1 aliphatic heterocycles. The molecule has 2 unspecified atom stereocenters. The smallest absolute Gasteiger partial charge is 0.226 e. The van der Waals surface area contributed by atoms with Crippen molar-refractivity contribution in [2.24, 2.45) is 5.92 Å². The molecule has 21 heavy (non-hydrogen) atoms. The number of hydrogen-bond acceptors (Lipinski definition) is 3. The maximum absolute atomic E-state index is 12.3. The number of halogens is 1. The number of amides is 1. The Kier molecular flexibility index (Phi) is 8.35. The van der Waals surface area contributed by atoms with Gasteiger partial charge in [-0.25, -0.2) is 0 Å². The third-order valence-electron chi connectivity index (χ3n) is 3.69. The van der Waals surface area contributed by atoms with Gasteiger partial charge in [0.25, 0.3) is 0 Å². The van der Waals surface area contributed by atoms with Gasteiger partial charge in [-0.05, 0) is 38.4 Å². The van der Waals surface area contributed by atoms with Crippen LogP contribution in [0, 0.1) is 5.92 Å². The highest BCUT2D eigenvalue weighted by Gasteiger charge is 2.32. The van der Waals surface area contributed by atoms with Gasteiger partial charge in [0.05, 0.1) is 12.0 Å². The first-order valence-corrected chi connectivity index (χ1v) is 7.42. The summed E-state index contributed by atoms with van der Waals surface area (Å²) < 4.78 is 5.85. The molecule has 0 aliphatic carbocycles. The van der Waals surface area contributed by atoms with Gasteiger partial charge in [0.2, 0.25) is 5.91 Å². The first-order valence-electron chi connectivity index (χ1n) is 7.42. The maximum atomic E-state index is 12.3. The topological polar surface area (TPSA) is 50.4 Å². The van der Waals surface area contributed by atoms with E-state index in [0.717, 1.165) is 44.5 Å². The fourth-order valence-electron chi connectivity index (χ4n) is 2.63. The zero-order valence-corrected chi connectivity index (χ0v) is 13.3. The summed E-state index contributed by atoms with van der Waals surface area (Å²) in [5.74, 6) is 0.0513. The van der Waals surface area contributed by atoms with Crippen molar-refractivity contribution in [1.29, 1.82) is 0 Å². The van der Waals surface area contributed by atoms with Crippen molar-refractivity contribution in [2.75, 3.05) is 26.7 Å². The third-order valence-corrected chi connectivity index (χ3v) is 3.69. The summed E-state index contributed by atoms with van der Waals surface area (Å²) in [5, 5.41) is 6.11. The molecule has 2 atom stereocenters. The number of carbonyl (C=O) groups excluding carboxylic acids is 1. The molecule has 0 aromatic heterocycles. The van der Waals surface area contributed by atoms with Crippen LogP contribution in [0.3, 0.4) is 0 Å². The molecule has 1 aromatic rings. The zero-order valence-electron chi connectivity index (χ0n) is 12.5. The summed E-state index contributed by atoms with van der Waals surface area (Å²) in [6.07, 6.45) is 2.70. The second-order valence-electron chi connectivity index (χ2n) is 5.20. The summed E-state index contributed by atoms with van der Waals surface area (Å²) in [7, 11) is 1.92. The van der Waals surface area contributed by atoms with E-state index in [4.69, 9.17) is 4.74 Å². The van der Waals surface area contributed by atoms with Gasteiger partial charge in [-0.3, -0.25) is 4.79 Å². The predicted molar refractivity (Wildman–Crippen MR) is 86.7 cm³/mol. The molecule has 0 spiro atoms. The highest BCUT2D eigenvalue weighted by atomic mass is 35.5. The molecular weight excluding hydrogens is 288 g/mol. The van der Waals surface area contributed by atoms with Crippen LogP contribution in [0.15, 0.2) is 30.3 Å². The van der Waals surface area contributed by atoms with Gasteiger partial charge in [0.15, 0.2) is 0 Å². The Morgan fingerprint density at radius 1 is 1.29 bits per heavy atom. The normalized spacial score (nSPS) is 21.4. The van der Waals surface area contributed by atoms with E-state index in [2.05, 4.69) is 10.6 Å². The van der Waals surface area contributed by atoms with Crippen LogP contribution < -0.4 is 10.6 Å². The SMILES string of the molecule is CNCCCNC(=O)C1CCCOC1c1ccccc1.Cl. The number of nitrogens with one attached hydrogen (secondary N) is 2. The summed E-state index contributed by atoms with van der Waals surface area (Å²) >= 11 is 0. The molecule has 0 bridgehead atoms. The van der Waals surface area contributed by atoms with E-state index in [1.54, 1.807) is 0 Å². The van der Waals surface area contributed by atoms with E-state index < -0.39 is 0 Å². The highest BCUT2D eigenvalue weighted by molar-refractivity contribution is 5.85. The lowest BCUT2D eigenvalue weighted by atomic mass is 9.89. The molecule has 118 valence electrons. The molecule has 1 aromatic carbocycles. The van der Waals surface area contributed by atoms with E-state index in [-0.39, 0.29) is 30.3 Å². The van der Waals surface area contributed by atoms with Crippen molar-refractivity contribution in [1.82, 2.24) is 10.6 Å². The van der Waals surface area contributed by atoms with E-state index in [1.165, 1.54) is 0 Å². The van der Waals surface area contributed by atoms with Crippen LogP contribution in [0.25, 0.3) is 0 Å². The van der Waals surface area contributed by atoms with Crippen molar-refractivity contribution < 1.29 is 9.53 Å². The minimum absolute atomic E-state index is 0. The van der Waals surface area contributed by atoms with Gasteiger partial charge in [-0.1, -0.05) is 30.3 Å². The molecule has 5 heteroatoms. The molecule has 1 saturated heterocycles. The Bertz CT molecular complexity index is 414. The van der Waals surface area contributed by atoms with Crippen LogP contribution in [-0.2, 0) is 9.53 Å². The average Bonchev–Trinajstić information content (AvgIpc) is 2.52. The van der Waals surface area contributed by atoms with Gasteiger partial charge >= 0.3 is 0 Å². The van der Waals surface area contributed by atoms with Gasteiger partial charge < -0.3 is 15.4 Å². The summed E-state index contributed by atoms with van der Waals surface area (Å²) in [6.45, 7) is 2.38. The highest BCUT2D eigenvalue weighted by Crippen LogP contribution is 2.33. The second-order valence-corrected chi connectivity index (χ2v) is 5.20. The molecular formula is C16H25ClN2O2. The minimum atomic E-state index is -0.103. The van der Waals surface area contributed by atoms with Gasteiger partial charge in [-0.2, -0.15) is 0 Å². The number of rotatable bonds is 6. The summed E-state index contributed by atoms with van der Waals surface area (Å²) in [6, 6.07) is 10.1. The quantitative estimate of drug-likeness (QED) is 0.793. The lowest BCUT2D eigenvalue weighted by Gasteiger charge is -2.31. The first-order chi connectivity index (χ1) is 9.83. The number of ether oxygens (including phenoxy) is 1. The molecule has 2 rings (SSSR count). The molecule has 0 radical (unpaired) electrons. The van der Waals surface area contributed by atoms with Crippen molar-refractivity contribution in [3.05, 3.63) is 35.9 Å². The fourth-order valence-corrected chi connectivity index (χ4v) is 2.63. The van der Waals surface area contributed by atoms with E-state index in [0.29, 0.717) is 0 Å². The largest absolute Gasteiger partial charge is 0.373 e. The molecule has 0 saturated carbocycles. The molecule has 1 fully saturated rings. The molecule has 1 heterocycles. The first kappa shape index (κ1) is 18.0. The lowest BCUT2D eigenvalue weighted by molar-refractivity contribution is -0.134. The molecule has 1 aliphatic rings. The Morgan fingerprint density at radius 3 is 2.76 bits per heavy atom. The Balaban J connectivity index is 0.00000220. The van der Waals surface area contributed by atoms with E-state index >= 15 is 0 Å². The van der Waals surface area contributed by atoms with Crippen molar-refractivity contribution in [3.8, 4) is 0 Å². The third kappa shape index (κ3) is 5.30. The van der Waals surface area contributed by atoms with Crippen molar-refractivity contribution >= 4 is 18.3 Å². The molecule has 4 nitrogen and oxygen atoms in total. The van der Waals surface area contributed by atoms with E-state index in [1.807, 2.05) is 37.4 Å². The summed E-state index contributed by atoms with van der Waals surface area (Å²) in [4.78, 5) is 12.3. The van der Waals surface area contributed by atoms with Crippen LogP contribution >= 0.6 is 12.4 Å². The fraction of sp³-hybridized carbons (Fsp3) is 0.562. The van der Waals surface area contributed by atoms with Crippen molar-refractivity contribution in [3.63, 3.8) is 0 Å². The van der Waals surface area contributed by atoms with Crippen LogP contribution in [0.2, 0.25) is 0 Å². The van der Waals surface area contributed by atoms with Gasteiger partial charge in [-0.15, -0.1) is 12.4 Å². The molecule has 1 amide bonds.